The summed E-state index contributed by atoms with van der Waals surface area (Å²) in [6.45, 7) is -0.281. The predicted molar refractivity (Wildman–Crippen MR) is 95.6 cm³/mol. The van der Waals surface area contributed by atoms with Gasteiger partial charge in [-0.1, -0.05) is 36.4 Å². The van der Waals surface area contributed by atoms with Gasteiger partial charge in [0.05, 0.1) is 18.3 Å². The van der Waals surface area contributed by atoms with Gasteiger partial charge >= 0.3 is 0 Å². The van der Waals surface area contributed by atoms with Gasteiger partial charge in [0.15, 0.2) is 17.5 Å². The van der Waals surface area contributed by atoms with Gasteiger partial charge in [0.25, 0.3) is 0 Å². The van der Waals surface area contributed by atoms with Crippen molar-refractivity contribution < 1.29 is 18.0 Å². The third-order valence-corrected chi connectivity index (χ3v) is 4.68. The van der Waals surface area contributed by atoms with E-state index < -0.39 is 23.4 Å². The zero-order valence-electron chi connectivity index (χ0n) is 13.5. The van der Waals surface area contributed by atoms with Crippen LogP contribution in [0.4, 0.5) is 18.9 Å². The molecule has 0 bridgehead atoms. The Morgan fingerprint density at radius 2 is 1.73 bits per heavy atom. The van der Waals surface area contributed by atoms with Gasteiger partial charge in [0, 0.05) is 4.88 Å². The fourth-order valence-corrected chi connectivity index (χ4v) is 3.27. The highest BCUT2D eigenvalue weighted by Gasteiger charge is 2.18. The lowest BCUT2D eigenvalue weighted by atomic mass is 10.1. The Hall–Kier alpha value is -2.80. The number of benzene rings is 2. The molecule has 0 spiro atoms. The summed E-state index contributed by atoms with van der Waals surface area (Å²) in [6.07, 6.45) is 0. The predicted octanol–water partition coefficient (Wildman–Crippen LogP) is 4.48. The normalized spacial score (nSPS) is 11.8. The van der Waals surface area contributed by atoms with Crippen molar-refractivity contribution in [3.63, 3.8) is 0 Å². The summed E-state index contributed by atoms with van der Waals surface area (Å²) < 4.78 is 39.9. The molecular formula is C19H15F3N2OS. The highest BCUT2D eigenvalue weighted by atomic mass is 32.1. The quantitative estimate of drug-likeness (QED) is 0.623. The Balaban J connectivity index is 1.70. The molecule has 1 amide bonds. The van der Waals surface area contributed by atoms with Crippen LogP contribution in [0.2, 0.25) is 0 Å². The SMILES string of the molecule is O=C(CNc1ccc(F)c(F)c1F)N[C@@H](c1ccccc1)c1cccs1. The summed E-state index contributed by atoms with van der Waals surface area (Å²) in [5.41, 5.74) is 0.633. The molecule has 0 saturated heterocycles. The van der Waals surface area contributed by atoms with Crippen molar-refractivity contribution in [2.75, 3.05) is 11.9 Å². The van der Waals surface area contributed by atoms with Crippen LogP contribution in [-0.2, 0) is 4.79 Å². The molecule has 1 heterocycles. The molecule has 3 aromatic rings. The molecular weight excluding hydrogens is 361 g/mol. The van der Waals surface area contributed by atoms with E-state index in [4.69, 9.17) is 0 Å². The Labute approximate surface area is 152 Å². The van der Waals surface area contributed by atoms with Gasteiger partial charge in [-0.2, -0.15) is 0 Å². The third kappa shape index (κ3) is 4.05. The van der Waals surface area contributed by atoms with E-state index in [0.717, 1.165) is 22.6 Å². The first-order valence-corrected chi connectivity index (χ1v) is 8.69. The molecule has 2 aromatic carbocycles. The molecule has 0 unspecified atom stereocenters. The third-order valence-electron chi connectivity index (χ3n) is 3.74. The largest absolute Gasteiger partial charge is 0.374 e. The lowest BCUT2D eigenvalue weighted by molar-refractivity contribution is -0.119. The molecule has 7 heteroatoms. The fourth-order valence-electron chi connectivity index (χ4n) is 2.47. The van der Waals surface area contributed by atoms with Crippen molar-refractivity contribution in [1.82, 2.24) is 5.32 Å². The summed E-state index contributed by atoms with van der Waals surface area (Å²) in [6, 6.07) is 14.7. The van der Waals surface area contributed by atoms with Crippen molar-refractivity contribution in [3.8, 4) is 0 Å². The van der Waals surface area contributed by atoms with Crippen molar-refractivity contribution in [1.29, 1.82) is 0 Å². The second kappa shape index (κ2) is 8.05. The van der Waals surface area contributed by atoms with Crippen LogP contribution in [-0.4, -0.2) is 12.5 Å². The molecule has 0 saturated carbocycles. The van der Waals surface area contributed by atoms with Crippen LogP contribution >= 0.6 is 11.3 Å². The number of thiophene rings is 1. The number of halogens is 3. The van der Waals surface area contributed by atoms with Gasteiger partial charge in [0.2, 0.25) is 5.91 Å². The van der Waals surface area contributed by atoms with Crippen molar-refractivity contribution in [2.45, 2.75) is 6.04 Å². The number of carbonyl (C=O) groups excluding carboxylic acids is 1. The Bertz CT molecular complexity index is 885. The molecule has 3 nitrogen and oxygen atoms in total. The second-order valence-corrected chi connectivity index (χ2v) is 6.48. The summed E-state index contributed by atoms with van der Waals surface area (Å²) in [5, 5.41) is 7.27. The molecule has 0 aliphatic carbocycles. The van der Waals surface area contributed by atoms with E-state index in [-0.39, 0.29) is 18.3 Å². The molecule has 0 radical (unpaired) electrons. The van der Waals surface area contributed by atoms with Gasteiger partial charge in [-0.15, -0.1) is 11.3 Å². The molecule has 0 aliphatic rings. The number of hydrogen-bond donors (Lipinski definition) is 2. The van der Waals surface area contributed by atoms with Crippen LogP contribution in [0.5, 0.6) is 0 Å². The second-order valence-electron chi connectivity index (χ2n) is 5.50. The van der Waals surface area contributed by atoms with E-state index >= 15 is 0 Å². The van der Waals surface area contributed by atoms with Crippen LogP contribution in [0.15, 0.2) is 60.0 Å². The molecule has 26 heavy (non-hydrogen) atoms. The van der Waals surface area contributed by atoms with Crippen LogP contribution in [0, 0.1) is 17.5 Å². The maximum atomic E-state index is 13.7. The number of hydrogen-bond acceptors (Lipinski definition) is 3. The standard InChI is InChI=1S/C19H15F3N2OS/c20-13-8-9-14(18(22)17(13)21)23-11-16(25)24-19(15-7-4-10-26-15)12-5-2-1-3-6-12/h1-10,19,23H,11H2,(H,24,25)/t19-/m0/s1. The van der Waals surface area contributed by atoms with Crippen molar-refractivity contribution in [2.24, 2.45) is 0 Å². The summed E-state index contributed by atoms with van der Waals surface area (Å²) in [7, 11) is 0. The van der Waals surface area contributed by atoms with Gasteiger partial charge in [-0.05, 0) is 29.1 Å². The Morgan fingerprint density at radius 1 is 0.962 bits per heavy atom. The molecule has 134 valence electrons. The molecule has 0 aliphatic heterocycles. The van der Waals surface area contributed by atoms with Gasteiger partial charge in [-0.3, -0.25) is 4.79 Å². The fraction of sp³-hybridized carbons (Fsp3) is 0.105. The average molecular weight is 376 g/mol. The topological polar surface area (TPSA) is 41.1 Å². The number of anilines is 1. The molecule has 1 aromatic heterocycles. The van der Waals surface area contributed by atoms with Crippen LogP contribution in [0.3, 0.4) is 0 Å². The van der Waals surface area contributed by atoms with Gasteiger partial charge < -0.3 is 10.6 Å². The zero-order chi connectivity index (χ0) is 18.5. The number of amides is 1. The monoisotopic (exact) mass is 376 g/mol. The van der Waals surface area contributed by atoms with Crippen LogP contribution < -0.4 is 10.6 Å². The summed E-state index contributed by atoms with van der Waals surface area (Å²) in [5.74, 6) is -4.61. The molecule has 2 N–H and O–H groups in total. The summed E-state index contributed by atoms with van der Waals surface area (Å²) >= 11 is 1.50. The highest BCUT2D eigenvalue weighted by Crippen LogP contribution is 2.26. The van der Waals surface area contributed by atoms with E-state index in [1.54, 1.807) is 0 Å². The zero-order valence-corrected chi connectivity index (χ0v) is 14.3. The lowest BCUT2D eigenvalue weighted by Crippen LogP contribution is -2.33. The van der Waals surface area contributed by atoms with E-state index in [1.165, 1.54) is 11.3 Å². The Morgan fingerprint density at radius 3 is 2.42 bits per heavy atom. The Kier molecular flexibility index (Phi) is 5.58. The first kappa shape index (κ1) is 18.0. The molecule has 0 fully saturated rings. The minimum absolute atomic E-state index is 0.272. The first-order valence-electron chi connectivity index (χ1n) is 7.81. The average Bonchev–Trinajstić information content (AvgIpc) is 3.19. The maximum absolute atomic E-state index is 13.7. The summed E-state index contributed by atoms with van der Waals surface area (Å²) in [4.78, 5) is 13.2. The number of carbonyl (C=O) groups is 1. The minimum atomic E-state index is -1.57. The van der Waals surface area contributed by atoms with Crippen molar-refractivity contribution >= 4 is 22.9 Å². The van der Waals surface area contributed by atoms with E-state index in [1.807, 2.05) is 47.8 Å². The minimum Gasteiger partial charge on any atom is -0.374 e. The first-order chi connectivity index (χ1) is 12.6. The van der Waals surface area contributed by atoms with E-state index in [2.05, 4.69) is 10.6 Å². The number of nitrogens with one attached hydrogen (secondary N) is 2. The smallest absolute Gasteiger partial charge is 0.240 e. The van der Waals surface area contributed by atoms with Gasteiger partial charge in [-0.25, -0.2) is 13.2 Å². The van der Waals surface area contributed by atoms with Crippen molar-refractivity contribution in [3.05, 3.63) is 87.9 Å². The van der Waals surface area contributed by atoms with Gasteiger partial charge in [0.1, 0.15) is 0 Å². The maximum Gasteiger partial charge on any atom is 0.240 e. The van der Waals surface area contributed by atoms with Crippen LogP contribution in [0.1, 0.15) is 16.5 Å². The molecule has 3 rings (SSSR count). The van der Waals surface area contributed by atoms with E-state index in [9.17, 15) is 18.0 Å². The van der Waals surface area contributed by atoms with Crippen LogP contribution in [0.25, 0.3) is 0 Å². The number of rotatable bonds is 6. The lowest BCUT2D eigenvalue weighted by Gasteiger charge is -2.18. The molecule has 1 atom stereocenters. The van der Waals surface area contributed by atoms with E-state index in [0.29, 0.717) is 0 Å². The highest BCUT2D eigenvalue weighted by molar-refractivity contribution is 7.10.